The highest BCUT2D eigenvalue weighted by Crippen LogP contribution is 2.47. The van der Waals surface area contributed by atoms with Crippen molar-refractivity contribution in [2.45, 2.75) is 26.1 Å². The van der Waals surface area contributed by atoms with Crippen LogP contribution in [0.15, 0.2) is 18.2 Å². The molecule has 0 aliphatic carbocycles. The number of nitrogens with zero attached hydrogens (tertiary/aromatic N) is 1. The van der Waals surface area contributed by atoms with Crippen molar-refractivity contribution in [2.24, 2.45) is 0 Å². The average molecular weight is 343 g/mol. The van der Waals surface area contributed by atoms with Crippen molar-refractivity contribution in [3.05, 3.63) is 33.9 Å². The molecule has 0 amide bonds. The van der Waals surface area contributed by atoms with E-state index in [1.807, 2.05) is 0 Å². The minimum absolute atomic E-state index is 0.209. The summed E-state index contributed by atoms with van der Waals surface area (Å²) in [7, 11) is 0. The SMILES string of the molecule is CC(C)OP(C)(=S)Oc1ccc([N+](=O)[O-])c(C(F)(F)F)c1. The number of halogens is 3. The van der Waals surface area contributed by atoms with Crippen molar-refractivity contribution in [3.63, 3.8) is 0 Å². The molecule has 0 aromatic heterocycles. The minimum atomic E-state index is -4.86. The minimum Gasteiger partial charge on any atom is -0.444 e. The largest absolute Gasteiger partial charge is 0.444 e. The summed E-state index contributed by atoms with van der Waals surface area (Å²) in [6.07, 6.45) is -5.11. The number of nitro groups is 1. The molecule has 5 nitrogen and oxygen atoms in total. The van der Waals surface area contributed by atoms with Gasteiger partial charge >= 0.3 is 6.18 Å². The Kier molecular flexibility index (Phi) is 5.35. The molecule has 0 saturated heterocycles. The summed E-state index contributed by atoms with van der Waals surface area (Å²) in [6, 6.07) is 2.37. The van der Waals surface area contributed by atoms with Gasteiger partial charge in [0.15, 0.2) is 0 Å². The first-order valence-electron chi connectivity index (χ1n) is 5.73. The Bertz CT molecular complexity index is 591. The van der Waals surface area contributed by atoms with Gasteiger partial charge in [0.05, 0.1) is 11.0 Å². The summed E-state index contributed by atoms with van der Waals surface area (Å²) in [5, 5.41) is 10.6. The third-order valence-electron chi connectivity index (χ3n) is 2.14. The predicted molar refractivity (Wildman–Crippen MR) is 75.2 cm³/mol. The smallest absolute Gasteiger partial charge is 0.423 e. The normalized spacial score (nSPS) is 14.8. The summed E-state index contributed by atoms with van der Waals surface area (Å²) >= 11 is 5.07. The molecule has 10 heteroatoms. The van der Waals surface area contributed by atoms with E-state index in [2.05, 4.69) is 0 Å². The molecule has 0 aliphatic heterocycles. The molecule has 0 bridgehead atoms. The van der Waals surface area contributed by atoms with Crippen LogP contribution >= 0.6 is 6.49 Å². The van der Waals surface area contributed by atoms with Gasteiger partial charge in [0, 0.05) is 12.7 Å². The number of rotatable bonds is 5. The first-order chi connectivity index (χ1) is 9.42. The van der Waals surface area contributed by atoms with Crippen molar-refractivity contribution in [3.8, 4) is 5.75 Å². The Balaban J connectivity index is 3.18. The summed E-state index contributed by atoms with van der Waals surface area (Å²) in [4.78, 5) is 9.54. The first kappa shape index (κ1) is 17.9. The number of hydrogen-bond donors (Lipinski definition) is 0. The van der Waals surface area contributed by atoms with Crippen LogP contribution in [0.4, 0.5) is 18.9 Å². The summed E-state index contributed by atoms with van der Waals surface area (Å²) in [5.74, 6) is -0.209. The molecular weight excluding hydrogens is 330 g/mol. The fourth-order valence-corrected chi connectivity index (χ4v) is 3.63. The van der Waals surface area contributed by atoms with E-state index in [-0.39, 0.29) is 11.9 Å². The zero-order valence-electron chi connectivity index (χ0n) is 11.4. The standard InChI is InChI=1S/C11H13F3NO4PS/c1-7(2)18-20(3,21)19-8-4-5-10(15(16)17)9(6-8)11(12,13)14/h4-7H,1-3H3. The molecule has 0 spiro atoms. The van der Waals surface area contributed by atoms with Crippen LogP contribution < -0.4 is 4.52 Å². The Hall–Kier alpha value is -1.18. The fraction of sp³-hybridized carbons (Fsp3) is 0.455. The fourth-order valence-electron chi connectivity index (χ4n) is 1.55. The van der Waals surface area contributed by atoms with E-state index in [0.717, 1.165) is 12.1 Å². The van der Waals surface area contributed by atoms with E-state index in [9.17, 15) is 23.3 Å². The predicted octanol–water partition coefficient (Wildman–Crippen LogP) is 4.36. The lowest BCUT2D eigenvalue weighted by Crippen LogP contribution is -2.09. The number of hydrogen-bond acceptors (Lipinski definition) is 5. The van der Waals surface area contributed by atoms with Crippen molar-refractivity contribution >= 4 is 24.0 Å². The molecule has 118 valence electrons. The lowest BCUT2D eigenvalue weighted by Gasteiger charge is -2.21. The van der Waals surface area contributed by atoms with Gasteiger partial charge in [-0.3, -0.25) is 10.1 Å². The van der Waals surface area contributed by atoms with E-state index in [1.54, 1.807) is 13.8 Å². The molecule has 0 N–H and O–H groups in total. The second-order valence-corrected chi connectivity index (χ2v) is 8.38. The monoisotopic (exact) mass is 343 g/mol. The highest BCUT2D eigenvalue weighted by molar-refractivity contribution is 8.09. The van der Waals surface area contributed by atoms with Gasteiger partial charge in [-0.1, -0.05) is 0 Å². The van der Waals surface area contributed by atoms with Gasteiger partial charge in [0.2, 0.25) is 6.49 Å². The van der Waals surface area contributed by atoms with Crippen LogP contribution in [0, 0.1) is 10.1 Å². The Labute approximate surface area is 124 Å². The highest BCUT2D eigenvalue weighted by atomic mass is 32.5. The van der Waals surface area contributed by atoms with Gasteiger partial charge in [-0.15, -0.1) is 0 Å². The van der Waals surface area contributed by atoms with E-state index in [1.165, 1.54) is 6.66 Å². The van der Waals surface area contributed by atoms with E-state index in [4.69, 9.17) is 20.9 Å². The molecule has 0 aliphatic rings. The average Bonchev–Trinajstić information content (AvgIpc) is 2.24. The van der Waals surface area contributed by atoms with Gasteiger partial charge in [-0.25, -0.2) is 0 Å². The number of nitro benzene ring substituents is 1. The number of alkyl halides is 3. The maximum absolute atomic E-state index is 12.8. The molecule has 0 fully saturated rings. The van der Waals surface area contributed by atoms with Gasteiger partial charge in [-0.2, -0.15) is 13.2 Å². The number of benzene rings is 1. The molecule has 1 atom stereocenters. The zero-order valence-corrected chi connectivity index (χ0v) is 13.1. The van der Waals surface area contributed by atoms with Crippen LogP contribution in [-0.2, 0) is 22.5 Å². The maximum Gasteiger partial charge on any atom is 0.423 e. The molecule has 21 heavy (non-hydrogen) atoms. The molecule has 1 unspecified atom stereocenters. The van der Waals surface area contributed by atoms with Crippen LogP contribution in [0.25, 0.3) is 0 Å². The van der Waals surface area contributed by atoms with Gasteiger partial charge in [-0.05, 0) is 37.8 Å². The Morgan fingerprint density at radius 3 is 2.38 bits per heavy atom. The molecule has 1 rings (SSSR count). The molecule has 1 aromatic carbocycles. The van der Waals surface area contributed by atoms with E-state index < -0.39 is 28.8 Å². The second-order valence-electron chi connectivity index (χ2n) is 4.45. The molecule has 0 saturated carbocycles. The molecular formula is C11H13F3NO4PS. The van der Waals surface area contributed by atoms with Crippen LogP contribution in [0.1, 0.15) is 19.4 Å². The van der Waals surface area contributed by atoms with Crippen LogP contribution in [-0.4, -0.2) is 17.7 Å². The second kappa shape index (κ2) is 6.29. The lowest BCUT2D eigenvalue weighted by atomic mass is 10.1. The lowest BCUT2D eigenvalue weighted by molar-refractivity contribution is -0.388. The molecule has 1 aromatic rings. The zero-order chi connectivity index (χ0) is 16.4. The maximum atomic E-state index is 12.8. The van der Waals surface area contributed by atoms with Crippen molar-refractivity contribution in [1.29, 1.82) is 0 Å². The topological polar surface area (TPSA) is 61.6 Å². The summed E-state index contributed by atoms with van der Waals surface area (Å²) in [6.45, 7) is 2.11. The Morgan fingerprint density at radius 1 is 1.38 bits per heavy atom. The molecule has 0 heterocycles. The van der Waals surface area contributed by atoms with Gasteiger partial charge in [0.1, 0.15) is 11.3 Å². The van der Waals surface area contributed by atoms with E-state index >= 15 is 0 Å². The molecule has 0 radical (unpaired) electrons. The van der Waals surface area contributed by atoms with Crippen molar-refractivity contribution < 1.29 is 27.1 Å². The van der Waals surface area contributed by atoms with Crippen LogP contribution in [0.3, 0.4) is 0 Å². The van der Waals surface area contributed by atoms with Crippen molar-refractivity contribution in [2.75, 3.05) is 6.66 Å². The summed E-state index contributed by atoms with van der Waals surface area (Å²) in [5.41, 5.74) is -2.42. The van der Waals surface area contributed by atoms with Crippen LogP contribution in [0.2, 0.25) is 0 Å². The Morgan fingerprint density at radius 2 is 1.95 bits per heavy atom. The summed E-state index contributed by atoms with van der Waals surface area (Å²) < 4.78 is 49.1. The highest BCUT2D eigenvalue weighted by Gasteiger charge is 2.39. The quantitative estimate of drug-likeness (QED) is 0.452. The first-order valence-corrected chi connectivity index (χ1v) is 8.82. The van der Waals surface area contributed by atoms with E-state index in [0.29, 0.717) is 6.07 Å². The third kappa shape index (κ3) is 5.26. The van der Waals surface area contributed by atoms with Crippen LogP contribution in [0.5, 0.6) is 5.75 Å². The van der Waals surface area contributed by atoms with Gasteiger partial charge in [0.25, 0.3) is 5.69 Å². The van der Waals surface area contributed by atoms with Gasteiger partial charge < -0.3 is 9.05 Å². The third-order valence-corrected chi connectivity index (χ3v) is 3.97. The van der Waals surface area contributed by atoms with Crippen molar-refractivity contribution in [1.82, 2.24) is 0 Å².